The van der Waals surface area contributed by atoms with Gasteiger partial charge in [-0.25, -0.2) is 0 Å². The van der Waals surface area contributed by atoms with E-state index < -0.39 is 0 Å². The monoisotopic (exact) mass is 365 g/mol. The van der Waals surface area contributed by atoms with E-state index in [4.69, 9.17) is 0 Å². The smallest absolute Gasteiger partial charge is 0.243 e. The summed E-state index contributed by atoms with van der Waals surface area (Å²) in [7, 11) is 0. The second kappa shape index (κ2) is 8.47. The molecule has 0 aliphatic carbocycles. The van der Waals surface area contributed by atoms with E-state index in [2.05, 4.69) is 73.1 Å². The largest absolute Gasteiger partial charge is 0.372 e. The van der Waals surface area contributed by atoms with E-state index in [0.29, 0.717) is 6.54 Å². The highest BCUT2D eigenvalue weighted by atomic mass is 16.2. The lowest BCUT2D eigenvalue weighted by molar-refractivity contribution is -0.115. The number of aryl methyl sites for hydroxylation is 3. The molecule has 3 rings (SSSR count). The first-order valence-electron chi connectivity index (χ1n) is 9.95. The Kier molecular flexibility index (Phi) is 6.04. The summed E-state index contributed by atoms with van der Waals surface area (Å²) in [6, 6.07) is 12.8. The number of carbonyl (C=O) groups is 1. The molecule has 1 aliphatic heterocycles. The SMILES string of the molecule is CCN(CC(=O)Nc1ccc(N2CCCC2)cc1C)c1cc(C)cc(C)c1. The maximum absolute atomic E-state index is 12.7. The molecule has 144 valence electrons. The number of nitrogens with one attached hydrogen (secondary N) is 1. The van der Waals surface area contributed by atoms with Gasteiger partial charge in [-0.2, -0.15) is 0 Å². The second-order valence-electron chi connectivity index (χ2n) is 7.60. The normalized spacial score (nSPS) is 13.7. The van der Waals surface area contributed by atoms with Gasteiger partial charge in [0.25, 0.3) is 0 Å². The van der Waals surface area contributed by atoms with E-state index in [-0.39, 0.29) is 5.91 Å². The number of benzene rings is 2. The van der Waals surface area contributed by atoms with Crippen LogP contribution in [0.5, 0.6) is 0 Å². The summed E-state index contributed by atoms with van der Waals surface area (Å²) in [6.07, 6.45) is 2.53. The lowest BCUT2D eigenvalue weighted by Crippen LogP contribution is -2.33. The molecule has 1 saturated heterocycles. The minimum Gasteiger partial charge on any atom is -0.372 e. The maximum Gasteiger partial charge on any atom is 0.243 e. The van der Waals surface area contributed by atoms with E-state index in [1.807, 2.05) is 6.07 Å². The molecule has 0 atom stereocenters. The third-order valence-corrected chi connectivity index (χ3v) is 5.24. The molecule has 2 aromatic carbocycles. The third kappa shape index (κ3) is 4.82. The Balaban J connectivity index is 1.67. The molecular weight excluding hydrogens is 334 g/mol. The van der Waals surface area contributed by atoms with Gasteiger partial charge in [-0.15, -0.1) is 0 Å². The number of hydrogen-bond donors (Lipinski definition) is 1. The number of nitrogens with zero attached hydrogens (tertiary/aromatic N) is 2. The first-order valence-corrected chi connectivity index (χ1v) is 9.95. The number of anilines is 3. The van der Waals surface area contributed by atoms with Crippen molar-refractivity contribution in [2.24, 2.45) is 0 Å². The molecule has 0 radical (unpaired) electrons. The van der Waals surface area contributed by atoms with Crippen LogP contribution in [0, 0.1) is 20.8 Å². The summed E-state index contributed by atoms with van der Waals surface area (Å²) in [5.41, 5.74) is 6.82. The molecule has 1 fully saturated rings. The van der Waals surface area contributed by atoms with Crippen molar-refractivity contribution < 1.29 is 4.79 Å². The predicted molar refractivity (Wildman–Crippen MR) is 115 cm³/mol. The molecule has 1 aliphatic rings. The molecule has 0 spiro atoms. The van der Waals surface area contributed by atoms with Crippen LogP contribution in [0.2, 0.25) is 0 Å². The highest BCUT2D eigenvalue weighted by Crippen LogP contribution is 2.26. The zero-order valence-corrected chi connectivity index (χ0v) is 17.0. The fourth-order valence-electron chi connectivity index (χ4n) is 3.84. The van der Waals surface area contributed by atoms with Crippen LogP contribution in [0.3, 0.4) is 0 Å². The number of carbonyl (C=O) groups excluding carboxylic acids is 1. The van der Waals surface area contributed by atoms with Gasteiger partial charge in [0.15, 0.2) is 0 Å². The Hall–Kier alpha value is -2.49. The van der Waals surface area contributed by atoms with E-state index in [0.717, 1.165) is 36.6 Å². The summed E-state index contributed by atoms with van der Waals surface area (Å²) in [5.74, 6) is 0.0213. The van der Waals surface area contributed by atoms with Crippen molar-refractivity contribution in [3.63, 3.8) is 0 Å². The van der Waals surface area contributed by atoms with Crippen molar-refractivity contribution in [3.05, 3.63) is 53.1 Å². The molecule has 0 saturated carbocycles. The summed E-state index contributed by atoms with van der Waals surface area (Å²) >= 11 is 0. The fraction of sp³-hybridized carbons (Fsp3) is 0.435. The lowest BCUT2D eigenvalue weighted by Gasteiger charge is -2.24. The van der Waals surface area contributed by atoms with Gasteiger partial charge in [0.2, 0.25) is 5.91 Å². The van der Waals surface area contributed by atoms with Crippen molar-refractivity contribution >= 4 is 23.0 Å². The van der Waals surface area contributed by atoms with Gasteiger partial charge in [-0.1, -0.05) is 6.07 Å². The number of likely N-dealkylation sites (N-methyl/N-ethyl adjacent to an activating group) is 1. The van der Waals surface area contributed by atoms with Crippen LogP contribution in [0.15, 0.2) is 36.4 Å². The van der Waals surface area contributed by atoms with E-state index >= 15 is 0 Å². The van der Waals surface area contributed by atoms with Crippen LogP contribution in [-0.2, 0) is 4.79 Å². The minimum absolute atomic E-state index is 0.0213. The molecule has 2 aromatic rings. The Morgan fingerprint density at radius 2 is 1.70 bits per heavy atom. The van der Waals surface area contributed by atoms with Crippen LogP contribution in [-0.4, -0.2) is 32.1 Å². The zero-order valence-electron chi connectivity index (χ0n) is 17.0. The van der Waals surface area contributed by atoms with Crippen LogP contribution < -0.4 is 15.1 Å². The molecule has 0 aromatic heterocycles. The number of hydrogen-bond acceptors (Lipinski definition) is 3. The standard InChI is InChI=1S/C23H31N3O/c1-5-25(21-13-17(2)12-18(3)14-21)16-23(27)24-22-9-8-20(15-19(22)4)26-10-6-7-11-26/h8-9,12-15H,5-7,10-11,16H2,1-4H3,(H,24,27). The second-order valence-corrected chi connectivity index (χ2v) is 7.60. The topological polar surface area (TPSA) is 35.6 Å². The summed E-state index contributed by atoms with van der Waals surface area (Å²) < 4.78 is 0. The Bertz CT molecular complexity index is 789. The quantitative estimate of drug-likeness (QED) is 0.807. The average molecular weight is 366 g/mol. The highest BCUT2D eigenvalue weighted by molar-refractivity contribution is 5.95. The molecule has 1 heterocycles. The van der Waals surface area contributed by atoms with Gasteiger partial charge < -0.3 is 15.1 Å². The predicted octanol–water partition coefficient (Wildman–Crippen LogP) is 4.68. The van der Waals surface area contributed by atoms with Gasteiger partial charge in [0.1, 0.15) is 0 Å². The molecule has 4 nitrogen and oxygen atoms in total. The molecule has 0 bridgehead atoms. The van der Waals surface area contributed by atoms with Gasteiger partial charge >= 0.3 is 0 Å². The van der Waals surface area contributed by atoms with Crippen molar-refractivity contribution in [2.45, 2.75) is 40.5 Å². The minimum atomic E-state index is 0.0213. The Morgan fingerprint density at radius 3 is 2.30 bits per heavy atom. The van der Waals surface area contributed by atoms with Gasteiger partial charge in [-0.3, -0.25) is 4.79 Å². The molecule has 1 amide bonds. The van der Waals surface area contributed by atoms with Gasteiger partial charge in [0, 0.05) is 36.7 Å². The number of amides is 1. The van der Waals surface area contributed by atoms with Crippen molar-refractivity contribution in [1.82, 2.24) is 0 Å². The fourth-order valence-corrected chi connectivity index (χ4v) is 3.84. The number of rotatable bonds is 6. The van der Waals surface area contributed by atoms with Crippen LogP contribution >= 0.6 is 0 Å². The molecule has 4 heteroatoms. The Morgan fingerprint density at radius 1 is 1.04 bits per heavy atom. The Labute approximate surface area is 163 Å². The highest BCUT2D eigenvalue weighted by Gasteiger charge is 2.15. The molecule has 27 heavy (non-hydrogen) atoms. The van der Waals surface area contributed by atoms with E-state index in [1.54, 1.807) is 0 Å². The summed E-state index contributed by atoms with van der Waals surface area (Å²) in [4.78, 5) is 17.2. The van der Waals surface area contributed by atoms with Crippen molar-refractivity contribution in [3.8, 4) is 0 Å². The average Bonchev–Trinajstić information content (AvgIpc) is 3.15. The van der Waals surface area contributed by atoms with Crippen LogP contribution in [0.25, 0.3) is 0 Å². The maximum atomic E-state index is 12.7. The van der Waals surface area contributed by atoms with E-state index in [9.17, 15) is 4.79 Å². The van der Waals surface area contributed by atoms with Crippen LogP contribution in [0.1, 0.15) is 36.5 Å². The first-order chi connectivity index (χ1) is 13.0. The molecule has 1 N–H and O–H groups in total. The summed E-state index contributed by atoms with van der Waals surface area (Å²) in [6.45, 7) is 11.7. The summed E-state index contributed by atoms with van der Waals surface area (Å²) in [5, 5.41) is 3.09. The van der Waals surface area contributed by atoms with Crippen LogP contribution in [0.4, 0.5) is 17.1 Å². The molecular formula is C23H31N3O. The first kappa shape index (κ1) is 19.3. The van der Waals surface area contributed by atoms with Gasteiger partial charge in [-0.05, 0) is 87.6 Å². The zero-order chi connectivity index (χ0) is 19.4. The lowest BCUT2D eigenvalue weighted by atomic mass is 10.1. The van der Waals surface area contributed by atoms with E-state index in [1.165, 1.54) is 29.7 Å². The van der Waals surface area contributed by atoms with Crippen molar-refractivity contribution in [2.75, 3.05) is 41.3 Å². The van der Waals surface area contributed by atoms with Crippen molar-refractivity contribution in [1.29, 1.82) is 0 Å². The molecule has 0 unspecified atom stereocenters. The third-order valence-electron chi connectivity index (χ3n) is 5.24. The van der Waals surface area contributed by atoms with Gasteiger partial charge in [0.05, 0.1) is 6.54 Å².